The van der Waals surface area contributed by atoms with Crippen LogP contribution >= 0.6 is 0 Å². The molecule has 0 heterocycles. The number of nitrogens with one attached hydrogen (secondary N) is 1. The van der Waals surface area contributed by atoms with Gasteiger partial charge in [0.1, 0.15) is 0 Å². The first-order chi connectivity index (χ1) is 20.0. The maximum absolute atomic E-state index is 14.7. The zero-order chi connectivity index (χ0) is 31.4. The summed E-state index contributed by atoms with van der Waals surface area (Å²) in [6.07, 6.45) is 14.3. The third kappa shape index (κ3) is 4.23. The zero-order valence-electron chi connectivity index (χ0n) is 28.5. The molecule has 2 amide bonds. The second kappa shape index (κ2) is 9.90. The Labute approximate surface area is 260 Å². The minimum absolute atomic E-state index is 0.0198. The van der Waals surface area contributed by atoms with E-state index in [1.807, 2.05) is 0 Å². The smallest absolute Gasteiger partial charge is 0.252 e. The molecule has 240 valence electrons. The monoisotopic (exact) mass is 594 g/mol. The minimum atomic E-state index is -0.481. The highest BCUT2D eigenvalue weighted by Crippen LogP contribution is 2.75. The van der Waals surface area contributed by atoms with Crippen molar-refractivity contribution >= 4 is 17.6 Å². The van der Waals surface area contributed by atoms with Crippen LogP contribution in [0.2, 0.25) is 0 Å². The van der Waals surface area contributed by atoms with E-state index in [1.165, 1.54) is 5.57 Å². The summed E-state index contributed by atoms with van der Waals surface area (Å²) in [5.74, 6) is 1.10. The average Bonchev–Trinajstić information content (AvgIpc) is 2.89. The lowest BCUT2D eigenvalue weighted by Crippen LogP contribution is -2.67. The molecule has 6 nitrogen and oxygen atoms in total. The standard InChI is InChI=1S/C37H58N2O4/c1-23(40)38-29-14-15-35(6)28(32(29,2)3)13-16-37(8)30(35)27(41)21-25-26-22-34(5,31(42)39(43-9)24-11-10-12-24)18-17-33(26,4)19-20-36(25,37)7/h21,24,26,28-30H,10-20,22H2,1-9H3,(H,38,40)/t26-,28?,29-,30+,33+,34-,35-,36+,37+/m0/s1. The fraction of sp³-hybridized carbons (Fsp3) is 0.865. The topological polar surface area (TPSA) is 75.7 Å². The van der Waals surface area contributed by atoms with Crippen LogP contribution < -0.4 is 5.32 Å². The van der Waals surface area contributed by atoms with Gasteiger partial charge in [-0.05, 0) is 122 Å². The Balaban J connectivity index is 1.36. The van der Waals surface area contributed by atoms with Gasteiger partial charge in [-0.3, -0.25) is 19.2 Å². The molecule has 1 N–H and O–H groups in total. The maximum atomic E-state index is 14.7. The highest BCUT2D eigenvalue weighted by Gasteiger charge is 2.70. The molecule has 0 aromatic carbocycles. The lowest BCUT2D eigenvalue weighted by molar-refractivity contribution is -0.211. The van der Waals surface area contributed by atoms with Crippen molar-refractivity contribution < 1.29 is 19.2 Å². The van der Waals surface area contributed by atoms with Crippen LogP contribution in [0.5, 0.6) is 0 Å². The molecule has 5 saturated carbocycles. The van der Waals surface area contributed by atoms with Crippen LogP contribution in [-0.2, 0) is 19.2 Å². The minimum Gasteiger partial charge on any atom is -0.353 e. The highest BCUT2D eigenvalue weighted by molar-refractivity contribution is 5.96. The van der Waals surface area contributed by atoms with E-state index in [0.717, 1.165) is 77.0 Å². The fourth-order valence-corrected chi connectivity index (χ4v) is 12.2. The average molecular weight is 595 g/mol. The first-order valence-corrected chi connectivity index (χ1v) is 17.4. The van der Waals surface area contributed by atoms with Gasteiger partial charge in [0.25, 0.3) is 5.91 Å². The van der Waals surface area contributed by atoms with Crippen LogP contribution in [0.3, 0.4) is 0 Å². The van der Waals surface area contributed by atoms with Crippen molar-refractivity contribution in [2.75, 3.05) is 7.11 Å². The van der Waals surface area contributed by atoms with Gasteiger partial charge in [-0.1, -0.05) is 54.0 Å². The third-order valence-corrected chi connectivity index (χ3v) is 15.3. The molecule has 6 rings (SSSR count). The van der Waals surface area contributed by atoms with Gasteiger partial charge < -0.3 is 5.32 Å². The number of allylic oxidation sites excluding steroid dienone is 2. The number of hydroxylamine groups is 2. The van der Waals surface area contributed by atoms with Crippen molar-refractivity contribution in [3.05, 3.63) is 11.6 Å². The number of carbonyl (C=O) groups is 3. The second-order valence-corrected chi connectivity index (χ2v) is 17.8. The fourth-order valence-electron chi connectivity index (χ4n) is 12.2. The molecule has 0 saturated heterocycles. The van der Waals surface area contributed by atoms with Crippen molar-refractivity contribution in [2.45, 2.75) is 145 Å². The molecule has 0 aromatic heterocycles. The Morgan fingerprint density at radius 1 is 0.907 bits per heavy atom. The van der Waals surface area contributed by atoms with Crippen molar-refractivity contribution in [1.82, 2.24) is 10.4 Å². The number of ketones is 1. The van der Waals surface area contributed by atoms with E-state index in [0.29, 0.717) is 11.7 Å². The molecule has 6 heteroatoms. The van der Waals surface area contributed by atoms with Gasteiger partial charge in [-0.15, -0.1) is 0 Å². The van der Waals surface area contributed by atoms with Gasteiger partial charge in [0.15, 0.2) is 5.78 Å². The molecule has 5 fully saturated rings. The van der Waals surface area contributed by atoms with Gasteiger partial charge in [-0.25, -0.2) is 5.06 Å². The van der Waals surface area contributed by atoms with Crippen LogP contribution in [-0.4, -0.2) is 41.9 Å². The van der Waals surface area contributed by atoms with Gasteiger partial charge >= 0.3 is 0 Å². The van der Waals surface area contributed by atoms with E-state index >= 15 is 0 Å². The molecule has 1 unspecified atom stereocenters. The predicted molar refractivity (Wildman–Crippen MR) is 169 cm³/mol. The number of nitrogens with zero attached hydrogens (tertiary/aromatic N) is 1. The maximum Gasteiger partial charge on any atom is 0.252 e. The highest BCUT2D eigenvalue weighted by atomic mass is 16.7. The van der Waals surface area contributed by atoms with E-state index < -0.39 is 5.41 Å². The number of hydrogen-bond donors (Lipinski definition) is 1. The molecule has 6 aliphatic rings. The lowest BCUT2D eigenvalue weighted by atomic mass is 9.33. The lowest BCUT2D eigenvalue weighted by Gasteiger charge is -2.70. The summed E-state index contributed by atoms with van der Waals surface area (Å²) in [7, 11) is 1.65. The molecule has 0 aromatic rings. The summed E-state index contributed by atoms with van der Waals surface area (Å²) in [5, 5.41) is 4.97. The van der Waals surface area contributed by atoms with Crippen molar-refractivity contribution in [3.8, 4) is 0 Å². The second-order valence-electron chi connectivity index (χ2n) is 17.8. The van der Waals surface area contributed by atoms with E-state index in [2.05, 4.69) is 59.9 Å². The summed E-state index contributed by atoms with van der Waals surface area (Å²) < 4.78 is 0. The molecule has 0 aliphatic heterocycles. The zero-order valence-corrected chi connectivity index (χ0v) is 28.5. The number of amides is 2. The third-order valence-electron chi connectivity index (χ3n) is 15.3. The Morgan fingerprint density at radius 3 is 2.19 bits per heavy atom. The molecular formula is C37H58N2O4. The van der Waals surface area contributed by atoms with Crippen LogP contribution in [0.25, 0.3) is 0 Å². The SMILES string of the molecule is CON(C(=O)[C@@]1(C)CC[C@]2(C)CC[C@]3(C)C(=CC(=O)[C@@H]4[C@@]5(C)CC[C@H](NC(C)=O)C(C)(C)C5CC[C@]43C)[C@@H]2C1)C1CCC1. The molecule has 0 radical (unpaired) electrons. The first-order valence-electron chi connectivity index (χ1n) is 17.4. The largest absolute Gasteiger partial charge is 0.353 e. The molecule has 43 heavy (non-hydrogen) atoms. The van der Waals surface area contributed by atoms with E-state index in [4.69, 9.17) is 4.84 Å². The van der Waals surface area contributed by atoms with Gasteiger partial charge in [0.05, 0.1) is 13.2 Å². The van der Waals surface area contributed by atoms with E-state index in [-0.39, 0.29) is 62.8 Å². The van der Waals surface area contributed by atoms with Crippen molar-refractivity contribution in [2.24, 2.45) is 50.2 Å². The van der Waals surface area contributed by atoms with Gasteiger partial charge in [0.2, 0.25) is 5.91 Å². The summed E-state index contributed by atoms with van der Waals surface area (Å²) in [6.45, 7) is 18.2. The van der Waals surface area contributed by atoms with E-state index in [9.17, 15) is 14.4 Å². The van der Waals surface area contributed by atoms with Crippen molar-refractivity contribution in [1.29, 1.82) is 0 Å². The van der Waals surface area contributed by atoms with Crippen LogP contribution in [0.1, 0.15) is 132 Å². The normalized spacial score (nSPS) is 47.1. The molecule has 0 bridgehead atoms. The Morgan fingerprint density at radius 2 is 1.58 bits per heavy atom. The predicted octanol–water partition coefficient (Wildman–Crippen LogP) is 7.41. The summed E-state index contributed by atoms with van der Waals surface area (Å²) in [5.41, 5.74) is 0.611. The van der Waals surface area contributed by atoms with Crippen LogP contribution in [0.15, 0.2) is 11.6 Å². The Bertz CT molecular complexity index is 1240. The number of carbonyl (C=O) groups excluding carboxylic acids is 3. The summed E-state index contributed by atoms with van der Waals surface area (Å²) in [4.78, 5) is 46.6. The van der Waals surface area contributed by atoms with Crippen LogP contribution in [0, 0.1) is 50.2 Å². The van der Waals surface area contributed by atoms with Gasteiger partial charge in [0, 0.05) is 24.3 Å². The molecule has 6 aliphatic carbocycles. The Hall–Kier alpha value is -1.69. The van der Waals surface area contributed by atoms with Gasteiger partial charge in [-0.2, -0.15) is 0 Å². The molecule has 0 spiro atoms. The summed E-state index contributed by atoms with van der Waals surface area (Å²) >= 11 is 0. The molecule has 9 atom stereocenters. The van der Waals surface area contributed by atoms with E-state index in [1.54, 1.807) is 19.1 Å². The summed E-state index contributed by atoms with van der Waals surface area (Å²) in [6, 6.07) is 0.350. The quantitative estimate of drug-likeness (QED) is 0.344. The van der Waals surface area contributed by atoms with Crippen LogP contribution in [0.4, 0.5) is 0 Å². The number of hydrogen-bond acceptors (Lipinski definition) is 4. The number of fused-ring (bicyclic) bond motifs is 7. The molecular weight excluding hydrogens is 536 g/mol. The van der Waals surface area contributed by atoms with Crippen molar-refractivity contribution in [3.63, 3.8) is 0 Å². The first kappa shape index (κ1) is 31.3. The Kier molecular flexibility index (Phi) is 7.21. The number of rotatable bonds is 4.